The lowest BCUT2D eigenvalue weighted by atomic mass is 10.1. The van der Waals surface area contributed by atoms with Crippen LogP contribution in [0.2, 0.25) is 5.02 Å². The second kappa shape index (κ2) is 8.84. The number of nitriles is 2. The normalized spacial score (nSPS) is 13.4. The van der Waals surface area contributed by atoms with Crippen molar-refractivity contribution in [3.05, 3.63) is 58.6 Å². The number of alkyl halides is 3. The van der Waals surface area contributed by atoms with Gasteiger partial charge in [-0.1, -0.05) is 11.6 Å². The fourth-order valence-corrected chi connectivity index (χ4v) is 3.24. The summed E-state index contributed by atoms with van der Waals surface area (Å²) < 4.78 is 66.0. The average Bonchev–Trinajstić information content (AvgIpc) is 2.72. The summed E-state index contributed by atoms with van der Waals surface area (Å²) in [5, 5.41) is 20.7. The van der Waals surface area contributed by atoms with Crippen molar-refractivity contribution in [2.45, 2.75) is 22.9 Å². The lowest BCUT2D eigenvalue weighted by Crippen LogP contribution is -2.49. The summed E-state index contributed by atoms with van der Waals surface area (Å²) in [7, 11) is -5.54. The fraction of sp³-hybridized carbons (Fsp3) is 0.211. The number of halogens is 4. The number of benzene rings is 2. The minimum absolute atomic E-state index is 0.118. The van der Waals surface area contributed by atoms with E-state index in [4.69, 9.17) is 21.6 Å². The first kappa shape index (κ1) is 24.0. The molecule has 0 saturated carbocycles. The zero-order valence-electron chi connectivity index (χ0n) is 15.7. The van der Waals surface area contributed by atoms with Gasteiger partial charge >= 0.3 is 5.51 Å². The third-order valence-electron chi connectivity index (χ3n) is 3.95. The van der Waals surface area contributed by atoms with Crippen molar-refractivity contribution in [1.82, 2.24) is 5.32 Å². The molecule has 0 bridgehead atoms. The molecule has 0 aromatic heterocycles. The Hall–Kier alpha value is -3.28. The van der Waals surface area contributed by atoms with Crippen LogP contribution < -0.4 is 10.1 Å². The maximum atomic E-state index is 12.6. The molecule has 0 aliphatic heterocycles. The van der Waals surface area contributed by atoms with Gasteiger partial charge in [0.2, 0.25) is 0 Å². The molecule has 0 saturated heterocycles. The van der Waals surface area contributed by atoms with E-state index < -0.39 is 31.7 Å². The molecule has 7 nitrogen and oxygen atoms in total. The highest BCUT2D eigenvalue weighted by Gasteiger charge is 2.46. The molecule has 162 valence electrons. The summed E-state index contributed by atoms with van der Waals surface area (Å²) in [4.78, 5) is 11.4. The van der Waals surface area contributed by atoms with Crippen molar-refractivity contribution < 1.29 is 31.1 Å². The molecule has 0 fully saturated rings. The predicted molar refractivity (Wildman–Crippen MR) is 103 cm³/mol. The Kier molecular flexibility index (Phi) is 6.84. The molecule has 2 aromatic carbocycles. The molecule has 12 heteroatoms. The number of rotatable bonds is 6. The van der Waals surface area contributed by atoms with Gasteiger partial charge in [-0.3, -0.25) is 4.79 Å². The zero-order chi connectivity index (χ0) is 23.4. The number of sulfone groups is 1. The van der Waals surface area contributed by atoms with E-state index in [1.54, 1.807) is 0 Å². The van der Waals surface area contributed by atoms with Crippen molar-refractivity contribution in [2.75, 3.05) is 6.61 Å². The van der Waals surface area contributed by atoms with Crippen LogP contribution >= 0.6 is 11.6 Å². The van der Waals surface area contributed by atoms with Gasteiger partial charge in [-0.15, -0.1) is 0 Å². The maximum absolute atomic E-state index is 12.6. The molecule has 0 radical (unpaired) electrons. The molecule has 1 amide bonds. The van der Waals surface area contributed by atoms with E-state index in [1.807, 2.05) is 12.1 Å². The molecule has 0 spiro atoms. The van der Waals surface area contributed by atoms with Crippen molar-refractivity contribution >= 4 is 27.3 Å². The van der Waals surface area contributed by atoms with Gasteiger partial charge in [-0.2, -0.15) is 23.7 Å². The van der Waals surface area contributed by atoms with Gasteiger partial charge in [-0.05, 0) is 49.4 Å². The molecule has 1 atom stereocenters. The summed E-state index contributed by atoms with van der Waals surface area (Å²) in [6, 6.07) is 11.0. The largest absolute Gasteiger partial charge is 0.501 e. The zero-order valence-corrected chi connectivity index (χ0v) is 17.3. The summed E-state index contributed by atoms with van der Waals surface area (Å²) in [6.07, 6.45) is 0. The Labute approximate surface area is 180 Å². The van der Waals surface area contributed by atoms with Gasteiger partial charge in [0, 0.05) is 5.56 Å². The Morgan fingerprint density at radius 2 is 1.77 bits per heavy atom. The molecule has 0 aliphatic rings. The molecule has 2 aromatic rings. The van der Waals surface area contributed by atoms with Crippen LogP contribution in [0.3, 0.4) is 0 Å². The number of hydrogen-bond acceptors (Lipinski definition) is 6. The lowest BCUT2D eigenvalue weighted by Gasteiger charge is -2.24. The summed E-state index contributed by atoms with van der Waals surface area (Å²) in [6.45, 7) is 0.992. The van der Waals surface area contributed by atoms with Crippen LogP contribution in [-0.4, -0.2) is 32.0 Å². The molecular weight excluding hydrogens is 459 g/mol. The van der Waals surface area contributed by atoms with Gasteiger partial charge < -0.3 is 10.1 Å². The van der Waals surface area contributed by atoms with Crippen molar-refractivity contribution in [3.63, 3.8) is 0 Å². The number of nitrogens with zero attached hydrogens (tertiary/aromatic N) is 2. The standard InChI is InChI=1S/C19H13ClF3N3O4S/c1-18(10-25,11-30-16-7-2-12(9-24)8-15(16)20)26-17(27)13-3-5-14(6-4-13)31(28,29)19(21,22)23/h2-8H,11H2,1H3,(H,26,27). The van der Waals surface area contributed by atoms with Crippen LogP contribution in [0.4, 0.5) is 13.2 Å². The maximum Gasteiger partial charge on any atom is 0.501 e. The predicted octanol–water partition coefficient (Wildman–Crippen LogP) is 3.60. The molecule has 0 heterocycles. The Morgan fingerprint density at radius 1 is 1.16 bits per heavy atom. The minimum Gasteiger partial charge on any atom is -0.488 e. The number of hydrogen-bond donors (Lipinski definition) is 1. The van der Waals surface area contributed by atoms with E-state index in [-0.39, 0.29) is 22.9 Å². The Bertz CT molecular complexity index is 1190. The topological polar surface area (TPSA) is 120 Å². The first-order valence-corrected chi connectivity index (χ1v) is 10.2. The van der Waals surface area contributed by atoms with Crippen molar-refractivity contribution in [1.29, 1.82) is 10.5 Å². The lowest BCUT2D eigenvalue weighted by molar-refractivity contribution is -0.0436. The number of ether oxygens (including phenoxy) is 1. The molecule has 2 rings (SSSR count). The average molecular weight is 472 g/mol. The van der Waals surface area contributed by atoms with E-state index in [9.17, 15) is 31.6 Å². The van der Waals surface area contributed by atoms with E-state index in [1.165, 1.54) is 25.1 Å². The second-order valence-corrected chi connectivity index (χ2v) is 8.77. The van der Waals surface area contributed by atoms with Gasteiger partial charge in [0.15, 0.2) is 5.54 Å². The van der Waals surface area contributed by atoms with Crippen LogP contribution in [-0.2, 0) is 9.84 Å². The van der Waals surface area contributed by atoms with Crippen LogP contribution in [0.5, 0.6) is 5.75 Å². The SMILES string of the molecule is CC(C#N)(COc1ccc(C#N)cc1Cl)NC(=O)c1ccc(S(=O)(=O)C(F)(F)F)cc1. The van der Waals surface area contributed by atoms with Crippen LogP contribution in [0.25, 0.3) is 0 Å². The van der Waals surface area contributed by atoms with Gasteiger partial charge in [-0.25, -0.2) is 8.42 Å². The molecule has 1 N–H and O–H groups in total. The monoisotopic (exact) mass is 471 g/mol. The van der Waals surface area contributed by atoms with E-state index in [0.29, 0.717) is 17.7 Å². The Morgan fingerprint density at radius 3 is 2.26 bits per heavy atom. The fourth-order valence-electron chi connectivity index (χ4n) is 2.25. The highest BCUT2D eigenvalue weighted by Crippen LogP contribution is 2.30. The van der Waals surface area contributed by atoms with E-state index >= 15 is 0 Å². The third kappa shape index (κ3) is 5.45. The van der Waals surface area contributed by atoms with Gasteiger partial charge in [0.1, 0.15) is 12.4 Å². The van der Waals surface area contributed by atoms with Crippen LogP contribution in [0.15, 0.2) is 47.4 Å². The first-order valence-electron chi connectivity index (χ1n) is 8.30. The van der Waals surface area contributed by atoms with Gasteiger partial charge in [0.05, 0.1) is 27.6 Å². The number of amides is 1. The number of nitrogens with one attached hydrogen (secondary N) is 1. The number of carbonyl (C=O) groups excluding carboxylic acids is 1. The Balaban J connectivity index is 2.13. The highest BCUT2D eigenvalue weighted by atomic mass is 35.5. The molecule has 1 unspecified atom stereocenters. The quantitative estimate of drug-likeness (QED) is 0.687. The summed E-state index contributed by atoms with van der Waals surface area (Å²) in [5.74, 6) is -0.673. The van der Waals surface area contributed by atoms with E-state index in [0.717, 1.165) is 12.1 Å². The highest BCUT2D eigenvalue weighted by molar-refractivity contribution is 7.92. The van der Waals surface area contributed by atoms with E-state index in [2.05, 4.69) is 5.32 Å². The second-order valence-electron chi connectivity index (χ2n) is 6.42. The van der Waals surface area contributed by atoms with Crippen LogP contribution in [0.1, 0.15) is 22.8 Å². The number of carbonyl (C=O) groups is 1. The van der Waals surface area contributed by atoms with Gasteiger partial charge in [0.25, 0.3) is 15.7 Å². The minimum atomic E-state index is -5.54. The third-order valence-corrected chi connectivity index (χ3v) is 5.74. The smallest absolute Gasteiger partial charge is 0.488 e. The molecule has 31 heavy (non-hydrogen) atoms. The first-order chi connectivity index (χ1) is 14.3. The molecule has 0 aliphatic carbocycles. The molecular formula is C19H13ClF3N3O4S. The van der Waals surface area contributed by atoms with Crippen LogP contribution in [0, 0.1) is 22.7 Å². The van der Waals surface area contributed by atoms with Crippen molar-refractivity contribution in [2.24, 2.45) is 0 Å². The summed E-state index contributed by atoms with van der Waals surface area (Å²) >= 11 is 5.99. The summed E-state index contributed by atoms with van der Waals surface area (Å²) in [5.41, 5.74) is -6.91. The van der Waals surface area contributed by atoms with Crippen molar-refractivity contribution in [3.8, 4) is 17.9 Å².